The molecule has 0 saturated heterocycles. The highest BCUT2D eigenvalue weighted by Gasteiger charge is 2.01. The molecule has 0 saturated carbocycles. The van der Waals surface area contributed by atoms with Gasteiger partial charge in [0.05, 0.1) is 0 Å². The fourth-order valence-corrected chi connectivity index (χ4v) is 4.50. The fourth-order valence-electron chi connectivity index (χ4n) is 4.50. The number of hydrogen-bond acceptors (Lipinski definition) is 0. The van der Waals surface area contributed by atoms with Crippen molar-refractivity contribution in [1.82, 2.24) is 0 Å². The largest absolute Gasteiger partial charge is 0.0616 e. The van der Waals surface area contributed by atoms with Gasteiger partial charge >= 0.3 is 0 Å². The molecule has 6 rings (SSSR count). The first-order chi connectivity index (χ1) is 17.8. The number of hydrogen-bond donors (Lipinski definition) is 0. The van der Waals surface area contributed by atoms with Crippen LogP contribution >= 0.6 is 0 Å². The van der Waals surface area contributed by atoms with E-state index in [1.165, 1.54) is 21.5 Å². The zero-order valence-corrected chi connectivity index (χ0v) is 19.7. The second-order valence-corrected chi connectivity index (χ2v) is 8.72. The Morgan fingerprint density at radius 1 is 0.333 bits per heavy atom. The topological polar surface area (TPSA) is 0 Å². The average Bonchev–Trinajstić information content (AvgIpc) is 2.95. The number of rotatable bonds is 1. The van der Waals surface area contributed by atoms with Crippen LogP contribution < -0.4 is 0 Å². The molecule has 0 aliphatic heterocycles. The molecule has 0 heterocycles. The van der Waals surface area contributed by atoms with Gasteiger partial charge in [-0.3, -0.25) is 0 Å². The lowest BCUT2D eigenvalue weighted by Gasteiger charge is -2.04. The standard InChI is InChI=1S/C36H22/c1-3-19-35-29(11-1)13-7-15-31(35)23-21-27-9-5-17-33(25-27)34-18-6-10-28(26-34)22-24-32-16-8-14-30-12-2-4-20-36(30)32/h1-20,25-26H. The second-order valence-electron chi connectivity index (χ2n) is 8.72. The Labute approximate surface area is 211 Å². The van der Waals surface area contributed by atoms with Gasteiger partial charge < -0.3 is 0 Å². The first-order valence-electron chi connectivity index (χ1n) is 12.0. The van der Waals surface area contributed by atoms with Crippen LogP contribution in [0.2, 0.25) is 0 Å². The van der Waals surface area contributed by atoms with Crippen LogP contribution in [0.5, 0.6) is 0 Å². The van der Waals surface area contributed by atoms with Crippen molar-refractivity contribution in [2.45, 2.75) is 0 Å². The Morgan fingerprint density at radius 3 is 1.25 bits per heavy atom. The van der Waals surface area contributed by atoms with Gasteiger partial charge in [-0.05, 0) is 69.1 Å². The van der Waals surface area contributed by atoms with E-state index in [1.807, 2.05) is 0 Å². The normalized spacial score (nSPS) is 10.3. The van der Waals surface area contributed by atoms with Gasteiger partial charge in [-0.25, -0.2) is 0 Å². The van der Waals surface area contributed by atoms with Crippen LogP contribution in [0.15, 0.2) is 133 Å². The molecule has 0 nitrogen and oxygen atoms in total. The van der Waals surface area contributed by atoms with E-state index >= 15 is 0 Å². The molecule has 0 aromatic heterocycles. The first-order valence-corrected chi connectivity index (χ1v) is 12.0. The third kappa shape index (κ3) is 4.50. The first kappa shape index (κ1) is 21.5. The van der Waals surface area contributed by atoms with E-state index in [1.54, 1.807) is 0 Å². The summed E-state index contributed by atoms with van der Waals surface area (Å²) in [6, 6.07) is 46.1. The maximum atomic E-state index is 3.37. The second kappa shape index (κ2) is 9.68. The summed E-state index contributed by atoms with van der Waals surface area (Å²) in [5.74, 6) is 13.5. The minimum absolute atomic E-state index is 0.993. The van der Waals surface area contributed by atoms with Gasteiger partial charge in [-0.15, -0.1) is 0 Å². The summed E-state index contributed by atoms with van der Waals surface area (Å²) < 4.78 is 0. The summed E-state index contributed by atoms with van der Waals surface area (Å²) in [5, 5.41) is 4.78. The van der Waals surface area contributed by atoms with Crippen LogP contribution in [0.25, 0.3) is 32.7 Å². The fraction of sp³-hybridized carbons (Fsp3) is 0. The monoisotopic (exact) mass is 454 g/mol. The van der Waals surface area contributed by atoms with E-state index in [9.17, 15) is 0 Å². The lowest BCUT2D eigenvalue weighted by atomic mass is 10.0. The van der Waals surface area contributed by atoms with Crippen molar-refractivity contribution in [3.63, 3.8) is 0 Å². The Bertz CT molecular complexity index is 1700. The van der Waals surface area contributed by atoms with Crippen LogP contribution in [-0.2, 0) is 0 Å². The number of benzene rings is 6. The molecule has 0 atom stereocenters. The molecular weight excluding hydrogens is 432 g/mol. The molecule has 0 aliphatic carbocycles. The molecule has 0 N–H and O–H groups in total. The molecule has 0 unspecified atom stereocenters. The van der Waals surface area contributed by atoms with Gasteiger partial charge in [0.15, 0.2) is 0 Å². The molecular formula is C36H22. The van der Waals surface area contributed by atoms with Gasteiger partial charge in [-0.1, -0.05) is 121 Å². The third-order valence-corrected chi connectivity index (χ3v) is 6.32. The molecule has 166 valence electrons. The summed E-state index contributed by atoms with van der Waals surface area (Å²) in [7, 11) is 0. The molecule has 6 aromatic carbocycles. The van der Waals surface area contributed by atoms with E-state index < -0.39 is 0 Å². The zero-order chi connectivity index (χ0) is 24.2. The van der Waals surface area contributed by atoms with Crippen LogP contribution in [0, 0.1) is 23.7 Å². The van der Waals surface area contributed by atoms with Gasteiger partial charge in [-0.2, -0.15) is 0 Å². The van der Waals surface area contributed by atoms with Crippen molar-refractivity contribution in [3.05, 3.63) is 156 Å². The van der Waals surface area contributed by atoms with Crippen LogP contribution in [0.3, 0.4) is 0 Å². The van der Waals surface area contributed by atoms with Gasteiger partial charge in [0.25, 0.3) is 0 Å². The predicted octanol–water partition coefficient (Wildman–Crippen LogP) is 8.46. The highest BCUT2D eigenvalue weighted by Crippen LogP contribution is 2.23. The van der Waals surface area contributed by atoms with Crippen molar-refractivity contribution in [3.8, 4) is 34.8 Å². The lowest BCUT2D eigenvalue weighted by Crippen LogP contribution is -1.84. The molecule has 0 heteroatoms. The van der Waals surface area contributed by atoms with Crippen LogP contribution in [0.4, 0.5) is 0 Å². The summed E-state index contributed by atoms with van der Waals surface area (Å²) >= 11 is 0. The van der Waals surface area contributed by atoms with E-state index in [-0.39, 0.29) is 0 Å². The molecule has 0 radical (unpaired) electrons. The van der Waals surface area contributed by atoms with Gasteiger partial charge in [0, 0.05) is 22.3 Å². The Kier molecular flexibility index (Phi) is 5.78. The van der Waals surface area contributed by atoms with E-state index in [2.05, 4.69) is 157 Å². The minimum atomic E-state index is 0.993. The molecule has 6 aromatic rings. The maximum absolute atomic E-state index is 3.37. The molecule has 0 aliphatic rings. The summed E-state index contributed by atoms with van der Waals surface area (Å²) in [6.45, 7) is 0. The summed E-state index contributed by atoms with van der Waals surface area (Å²) in [4.78, 5) is 0. The van der Waals surface area contributed by atoms with Crippen molar-refractivity contribution in [2.75, 3.05) is 0 Å². The molecule has 0 spiro atoms. The van der Waals surface area contributed by atoms with E-state index in [0.29, 0.717) is 0 Å². The predicted molar refractivity (Wildman–Crippen MR) is 152 cm³/mol. The lowest BCUT2D eigenvalue weighted by molar-refractivity contribution is 1.57. The molecule has 0 amide bonds. The molecule has 36 heavy (non-hydrogen) atoms. The van der Waals surface area contributed by atoms with Crippen LogP contribution in [0.1, 0.15) is 22.3 Å². The highest BCUT2D eigenvalue weighted by atomic mass is 14.0. The van der Waals surface area contributed by atoms with Crippen molar-refractivity contribution < 1.29 is 0 Å². The molecule has 0 fully saturated rings. The SMILES string of the molecule is C(#Cc1cccc2ccccc12)c1cccc(-c2cccc(C#Cc3cccc4ccccc34)c2)c1. The van der Waals surface area contributed by atoms with Crippen molar-refractivity contribution in [2.24, 2.45) is 0 Å². The highest BCUT2D eigenvalue weighted by molar-refractivity contribution is 5.89. The molecule has 0 bridgehead atoms. The maximum Gasteiger partial charge on any atom is 0.0327 e. The number of fused-ring (bicyclic) bond motifs is 2. The average molecular weight is 455 g/mol. The Hall–Kier alpha value is -5.04. The summed E-state index contributed by atoms with van der Waals surface area (Å²) in [6.07, 6.45) is 0. The zero-order valence-electron chi connectivity index (χ0n) is 19.7. The Balaban J connectivity index is 1.31. The quantitative estimate of drug-likeness (QED) is 0.219. The van der Waals surface area contributed by atoms with Crippen LogP contribution in [-0.4, -0.2) is 0 Å². The smallest absolute Gasteiger partial charge is 0.0327 e. The van der Waals surface area contributed by atoms with Crippen molar-refractivity contribution in [1.29, 1.82) is 0 Å². The third-order valence-electron chi connectivity index (χ3n) is 6.32. The minimum Gasteiger partial charge on any atom is -0.0616 e. The van der Waals surface area contributed by atoms with E-state index in [0.717, 1.165) is 33.4 Å². The van der Waals surface area contributed by atoms with E-state index in [4.69, 9.17) is 0 Å². The van der Waals surface area contributed by atoms with Gasteiger partial charge in [0.1, 0.15) is 0 Å². The van der Waals surface area contributed by atoms with Crippen molar-refractivity contribution >= 4 is 21.5 Å². The summed E-state index contributed by atoms with van der Waals surface area (Å²) in [5.41, 5.74) is 6.34. The van der Waals surface area contributed by atoms with Gasteiger partial charge in [0.2, 0.25) is 0 Å². The Morgan fingerprint density at radius 2 is 0.750 bits per heavy atom.